The highest BCUT2D eigenvalue weighted by Gasteiger charge is 2.29. The average Bonchev–Trinajstić information content (AvgIpc) is 2.59. The summed E-state index contributed by atoms with van der Waals surface area (Å²) in [5, 5.41) is 0. The van der Waals surface area contributed by atoms with E-state index in [2.05, 4.69) is 14.9 Å². The number of amides is 1. The number of hydrogen-bond donors (Lipinski definition) is 1. The number of anilines is 1. The van der Waals surface area contributed by atoms with E-state index in [1.807, 2.05) is 18.7 Å². The molecule has 24 heavy (non-hydrogen) atoms. The summed E-state index contributed by atoms with van der Waals surface area (Å²) in [4.78, 5) is 25.6. The highest BCUT2D eigenvalue weighted by molar-refractivity contribution is 5.79. The Morgan fingerprint density at radius 3 is 2.54 bits per heavy atom. The van der Waals surface area contributed by atoms with E-state index in [9.17, 15) is 4.79 Å². The molecule has 0 radical (unpaired) electrons. The summed E-state index contributed by atoms with van der Waals surface area (Å²) in [6.45, 7) is 8.96. The normalized spacial score (nSPS) is 22.6. The first-order chi connectivity index (χ1) is 11.5. The largest absolute Gasteiger partial charge is 0.379 e. The summed E-state index contributed by atoms with van der Waals surface area (Å²) >= 11 is 0. The zero-order valence-electron chi connectivity index (χ0n) is 14.6. The second-order valence-electron chi connectivity index (χ2n) is 6.69. The van der Waals surface area contributed by atoms with Gasteiger partial charge < -0.3 is 15.4 Å². The van der Waals surface area contributed by atoms with Crippen molar-refractivity contribution < 1.29 is 9.53 Å². The average molecular weight is 333 g/mol. The lowest BCUT2D eigenvalue weighted by Gasteiger charge is -2.41. The van der Waals surface area contributed by atoms with Gasteiger partial charge in [-0.2, -0.15) is 0 Å². The van der Waals surface area contributed by atoms with Gasteiger partial charge in [0.2, 0.25) is 11.9 Å². The van der Waals surface area contributed by atoms with E-state index in [1.54, 1.807) is 0 Å². The molecule has 2 saturated heterocycles. The summed E-state index contributed by atoms with van der Waals surface area (Å²) in [5.41, 5.74) is 8.18. The van der Waals surface area contributed by atoms with Gasteiger partial charge in [-0.25, -0.2) is 9.97 Å². The van der Waals surface area contributed by atoms with Gasteiger partial charge in [-0.3, -0.25) is 9.69 Å². The van der Waals surface area contributed by atoms with Crippen LogP contribution < -0.4 is 5.73 Å². The van der Waals surface area contributed by atoms with Crippen molar-refractivity contribution in [2.45, 2.75) is 39.2 Å². The van der Waals surface area contributed by atoms with Gasteiger partial charge in [0, 0.05) is 49.2 Å². The lowest BCUT2D eigenvalue weighted by Crippen LogP contribution is -2.53. The summed E-state index contributed by atoms with van der Waals surface area (Å²) in [7, 11) is 0. The van der Waals surface area contributed by atoms with Crippen molar-refractivity contribution in [3.63, 3.8) is 0 Å². The third kappa shape index (κ3) is 3.84. The van der Waals surface area contributed by atoms with Crippen molar-refractivity contribution in [3.05, 3.63) is 17.0 Å². The molecule has 132 valence electrons. The number of nitrogens with two attached hydrogens (primary N) is 1. The van der Waals surface area contributed by atoms with E-state index in [0.717, 1.165) is 69.2 Å². The summed E-state index contributed by atoms with van der Waals surface area (Å²) in [6, 6.07) is 0.455. The van der Waals surface area contributed by atoms with Gasteiger partial charge in [0.05, 0.1) is 19.6 Å². The van der Waals surface area contributed by atoms with E-state index in [4.69, 9.17) is 10.5 Å². The van der Waals surface area contributed by atoms with Gasteiger partial charge in [0.15, 0.2) is 0 Å². The van der Waals surface area contributed by atoms with Crippen molar-refractivity contribution in [3.8, 4) is 0 Å². The second-order valence-corrected chi connectivity index (χ2v) is 6.69. The third-order valence-electron chi connectivity index (χ3n) is 5.08. The van der Waals surface area contributed by atoms with Crippen LogP contribution in [0.5, 0.6) is 0 Å². The SMILES string of the molecule is Cc1nc(N)nc(C)c1CC(=O)N1CCCC(N2CCOCC2)C1. The minimum atomic E-state index is 0.160. The molecule has 2 aliphatic heterocycles. The van der Waals surface area contributed by atoms with Crippen LogP contribution in [0.25, 0.3) is 0 Å². The number of nitrogens with zero attached hydrogens (tertiary/aromatic N) is 4. The van der Waals surface area contributed by atoms with Crippen LogP contribution in [0.15, 0.2) is 0 Å². The number of likely N-dealkylation sites (tertiary alicyclic amines) is 1. The molecule has 0 saturated carbocycles. The van der Waals surface area contributed by atoms with E-state index >= 15 is 0 Å². The van der Waals surface area contributed by atoms with E-state index < -0.39 is 0 Å². The molecule has 1 atom stereocenters. The predicted octanol–water partition coefficient (Wildman–Crippen LogP) is 0.541. The molecule has 1 aromatic rings. The van der Waals surface area contributed by atoms with Crippen molar-refractivity contribution in [1.82, 2.24) is 19.8 Å². The quantitative estimate of drug-likeness (QED) is 0.869. The number of morpholine rings is 1. The van der Waals surface area contributed by atoms with Crippen LogP contribution in [-0.4, -0.2) is 71.1 Å². The summed E-state index contributed by atoms with van der Waals surface area (Å²) < 4.78 is 5.43. The van der Waals surface area contributed by atoms with Crippen LogP contribution in [0.4, 0.5) is 5.95 Å². The first-order valence-corrected chi connectivity index (χ1v) is 8.73. The Hall–Kier alpha value is -1.73. The first kappa shape index (κ1) is 17.1. The number of carbonyl (C=O) groups excluding carboxylic acids is 1. The number of ether oxygens (including phenoxy) is 1. The van der Waals surface area contributed by atoms with Gasteiger partial charge in [0.25, 0.3) is 0 Å². The topological polar surface area (TPSA) is 84.6 Å². The molecular formula is C17H27N5O2. The summed E-state index contributed by atoms with van der Waals surface area (Å²) in [6.07, 6.45) is 2.57. The highest BCUT2D eigenvalue weighted by Crippen LogP contribution is 2.19. The van der Waals surface area contributed by atoms with Crippen LogP contribution in [0.2, 0.25) is 0 Å². The van der Waals surface area contributed by atoms with Crippen LogP contribution >= 0.6 is 0 Å². The molecule has 2 N–H and O–H groups in total. The van der Waals surface area contributed by atoms with E-state index in [0.29, 0.717) is 12.5 Å². The van der Waals surface area contributed by atoms with E-state index in [-0.39, 0.29) is 11.9 Å². The number of aromatic nitrogens is 2. The second kappa shape index (κ2) is 7.44. The Kier molecular flexibility index (Phi) is 5.30. The number of nitrogen functional groups attached to an aromatic ring is 1. The Morgan fingerprint density at radius 2 is 1.88 bits per heavy atom. The highest BCUT2D eigenvalue weighted by atomic mass is 16.5. The Morgan fingerprint density at radius 1 is 1.21 bits per heavy atom. The monoisotopic (exact) mass is 333 g/mol. The van der Waals surface area contributed by atoms with Crippen LogP contribution in [-0.2, 0) is 16.0 Å². The number of carbonyl (C=O) groups is 1. The Bertz CT molecular complexity index is 578. The molecule has 3 heterocycles. The summed E-state index contributed by atoms with van der Waals surface area (Å²) in [5.74, 6) is 0.430. The molecule has 3 rings (SSSR count). The van der Waals surface area contributed by atoms with Crippen LogP contribution in [0.3, 0.4) is 0 Å². The maximum Gasteiger partial charge on any atom is 0.227 e. The van der Waals surface area contributed by atoms with E-state index in [1.165, 1.54) is 0 Å². The lowest BCUT2D eigenvalue weighted by atomic mass is 10.0. The number of piperidine rings is 1. The zero-order valence-corrected chi connectivity index (χ0v) is 14.6. The predicted molar refractivity (Wildman–Crippen MR) is 91.6 cm³/mol. The zero-order chi connectivity index (χ0) is 17.1. The Labute approximate surface area is 143 Å². The van der Waals surface area contributed by atoms with Gasteiger partial charge >= 0.3 is 0 Å². The van der Waals surface area contributed by atoms with Crippen molar-refractivity contribution >= 4 is 11.9 Å². The molecule has 0 bridgehead atoms. The molecule has 0 aliphatic carbocycles. The molecule has 1 aromatic heterocycles. The number of aryl methyl sites for hydroxylation is 2. The van der Waals surface area contributed by atoms with Crippen molar-refractivity contribution in [2.75, 3.05) is 45.1 Å². The molecule has 0 aromatic carbocycles. The molecule has 1 unspecified atom stereocenters. The maximum absolute atomic E-state index is 12.8. The number of rotatable bonds is 3. The third-order valence-corrected chi connectivity index (χ3v) is 5.08. The fraction of sp³-hybridized carbons (Fsp3) is 0.706. The molecule has 0 spiro atoms. The van der Waals surface area contributed by atoms with Crippen LogP contribution in [0.1, 0.15) is 29.8 Å². The molecule has 1 amide bonds. The van der Waals surface area contributed by atoms with Gasteiger partial charge in [-0.05, 0) is 26.7 Å². The van der Waals surface area contributed by atoms with Crippen molar-refractivity contribution in [2.24, 2.45) is 0 Å². The molecule has 7 nitrogen and oxygen atoms in total. The molecule has 2 aliphatic rings. The minimum Gasteiger partial charge on any atom is -0.379 e. The number of hydrogen-bond acceptors (Lipinski definition) is 6. The fourth-order valence-corrected chi connectivity index (χ4v) is 3.71. The lowest BCUT2D eigenvalue weighted by molar-refractivity contribution is -0.133. The van der Waals surface area contributed by atoms with Gasteiger partial charge in [-0.1, -0.05) is 0 Å². The standard InChI is InChI=1S/C17H27N5O2/c1-12-15(13(2)20-17(18)19-12)10-16(23)22-5-3-4-14(11-22)21-6-8-24-9-7-21/h14H,3-11H2,1-2H3,(H2,18,19,20). The fourth-order valence-electron chi connectivity index (χ4n) is 3.71. The molecular weight excluding hydrogens is 306 g/mol. The van der Waals surface area contributed by atoms with Gasteiger partial charge in [-0.15, -0.1) is 0 Å². The van der Waals surface area contributed by atoms with Crippen LogP contribution in [0, 0.1) is 13.8 Å². The smallest absolute Gasteiger partial charge is 0.227 e. The van der Waals surface area contributed by atoms with Gasteiger partial charge in [0.1, 0.15) is 0 Å². The maximum atomic E-state index is 12.8. The Balaban J connectivity index is 1.64. The minimum absolute atomic E-state index is 0.160. The molecule has 7 heteroatoms. The molecule has 2 fully saturated rings. The first-order valence-electron chi connectivity index (χ1n) is 8.73. The van der Waals surface area contributed by atoms with Crippen molar-refractivity contribution in [1.29, 1.82) is 0 Å².